The van der Waals surface area contributed by atoms with E-state index in [2.05, 4.69) is 18.7 Å². The Hall–Kier alpha value is -2.08. The van der Waals surface area contributed by atoms with E-state index in [1.807, 2.05) is 40.1 Å². The summed E-state index contributed by atoms with van der Waals surface area (Å²) < 4.78 is 5.59. The van der Waals surface area contributed by atoms with Gasteiger partial charge in [-0.15, -0.1) is 0 Å². The van der Waals surface area contributed by atoms with Crippen molar-refractivity contribution >= 4 is 11.8 Å². The van der Waals surface area contributed by atoms with Crippen molar-refractivity contribution in [2.45, 2.75) is 32.4 Å². The maximum absolute atomic E-state index is 12.5. The van der Waals surface area contributed by atoms with Crippen LogP contribution >= 0.6 is 0 Å². The van der Waals surface area contributed by atoms with Crippen molar-refractivity contribution < 1.29 is 14.3 Å². The smallest absolute Gasteiger partial charge is 0.260 e. The highest BCUT2D eigenvalue weighted by Gasteiger charge is 2.43. The summed E-state index contributed by atoms with van der Waals surface area (Å²) >= 11 is 0. The minimum absolute atomic E-state index is 0.00116. The number of benzene rings is 1. The molecule has 1 aromatic rings. The Balaban J connectivity index is 1.60. The summed E-state index contributed by atoms with van der Waals surface area (Å²) in [5, 5.41) is 0. The Kier molecular flexibility index (Phi) is 4.99. The Morgan fingerprint density at radius 3 is 2.48 bits per heavy atom. The van der Waals surface area contributed by atoms with E-state index in [1.54, 1.807) is 6.92 Å². The second-order valence-corrected chi connectivity index (χ2v) is 7.50. The third-order valence-corrected chi connectivity index (χ3v) is 5.17. The summed E-state index contributed by atoms with van der Waals surface area (Å²) in [5.74, 6) is 0.806. The summed E-state index contributed by atoms with van der Waals surface area (Å²) in [6.07, 6.45) is 0. The van der Waals surface area contributed by atoms with Gasteiger partial charge in [-0.3, -0.25) is 14.5 Å². The highest BCUT2D eigenvalue weighted by molar-refractivity contribution is 5.78. The largest absolute Gasteiger partial charge is 0.484 e. The lowest BCUT2D eigenvalue weighted by molar-refractivity contribution is -0.146. The molecule has 2 heterocycles. The lowest BCUT2D eigenvalue weighted by Gasteiger charge is -2.55. The number of carbonyl (C=O) groups excluding carboxylic acids is 2. The first-order chi connectivity index (χ1) is 11.9. The second kappa shape index (κ2) is 7.04. The predicted octanol–water partition coefficient (Wildman–Crippen LogP) is 1.22. The van der Waals surface area contributed by atoms with Crippen molar-refractivity contribution in [3.05, 3.63) is 30.3 Å². The number of carbonyl (C=O) groups is 2. The lowest BCUT2D eigenvalue weighted by atomic mass is 9.92. The first-order valence-corrected chi connectivity index (χ1v) is 8.85. The van der Waals surface area contributed by atoms with E-state index in [-0.39, 0.29) is 30.0 Å². The normalized spacial score (nSPS) is 23.1. The summed E-state index contributed by atoms with van der Waals surface area (Å²) in [7, 11) is 0. The zero-order valence-corrected chi connectivity index (χ0v) is 15.3. The Labute approximate surface area is 149 Å². The van der Waals surface area contributed by atoms with Crippen LogP contribution in [0.25, 0.3) is 0 Å². The van der Waals surface area contributed by atoms with Gasteiger partial charge in [-0.25, -0.2) is 0 Å². The van der Waals surface area contributed by atoms with E-state index >= 15 is 0 Å². The maximum atomic E-state index is 12.5. The molecule has 0 N–H and O–H groups in total. The molecule has 2 aliphatic heterocycles. The van der Waals surface area contributed by atoms with Gasteiger partial charge in [0.15, 0.2) is 6.61 Å². The molecule has 2 fully saturated rings. The molecular formula is C19H27N3O3. The average molecular weight is 345 g/mol. The molecule has 0 bridgehead atoms. The molecule has 0 aliphatic carbocycles. The summed E-state index contributed by atoms with van der Waals surface area (Å²) in [5.41, 5.74) is -0.0652. The van der Waals surface area contributed by atoms with Crippen LogP contribution in [0.1, 0.15) is 20.8 Å². The van der Waals surface area contributed by atoms with E-state index in [9.17, 15) is 9.59 Å². The molecule has 1 atom stereocenters. The second-order valence-electron chi connectivity index (χ2n) is 7.50. The van der Waals surface area contributed by atoms with Gasteiger partial charge in [0.2, 0.25) is 5.91 Å². The van der Waals surface area contributed by atoms with Crippen molar-refractivity contribution in [2.75, 3.05) is 39.3 Å². The summed E-state index contributed by atoms with van der Waals surface area (Å²) in [6.45, 7) is 9.62. The average Bonchev–Trinajstić information content (AvgIpc) is 2.59. The monoisotopic (exact) mass is 345 g/mol. The number of piperazine rings is 2. The lowest BCUT2D eigenvalue weighted by Crippen LogP contribution is -2.70. The highest BCUT2D eigenvalue weighted by Crippen LogP contribution is 2.28. The molecule has 2 saturated heterocycles. The highest BCUT2D eigenvalue weighted by atomic mass is 16.5. The molecule has 3 rings (SSSR count). The standard InChI is InChI=1S/C19H27N3O3/c1-15(23)21-12-16-11-20(9-10-22(16)19(2,3)14-21)18(24)13-25-17-7-5-4-6-8-17/h4-8,16H,9-14H2,1-3H3. The molecule has 6 heteroatoms. The van der Waals surface area contributed by atoms with Gasteiger partial charge >= 0.3 is 0 Å². The fraction of sp³-hybridized carbons (Fsp3) is 0.579. The van der Waals surface area contributed by atoms with Crippen molar-refractivity contribution in [2.24, 2.45) is 0 Å². The zero-order chi connectivity index (χ0) is 18.0. The van der Waals surface area contributed by atoms with Gasteiger partial charge in [-0.05, 0) is 26.0 Å². The topological polar surface area (TPSA) is 53.1 Å². The molecule has 0 spiro atoms. The molecular weight excluding hydrogens is 318 g/mol. The van der Waals surface area contributed by atoms with E-state index in [4.69, 9.17) is 4.74 Å². The Bertz CT molecular complexity index is 632. The Morgan fingerprint density at radius 1 is 1.12 bits per heavy atom. The number of hydrogen-bond acceptors (Lipinski definition) is 4. The van der Waals surface area contributed by atoms with E-state index in [1.165, 1.54) is 0 Å². The Morgan fingerprint density at radius 2 is 1.80 bits per heavy atom. The molecule has 136 valence electrons. The van der Waals surface area contributed by atoms with Crippen molar-refractivity contribution in [1.82, 2.24) is 14.7 Å². The van der Waals surface area contributed by atoms with Crippen LogP contribution in [0.3, 0.4) is 0 Å². The van der Waals surface area contributed by atoms with E-state index in [0.29, 0.717) is 25.4 Å². The van der Waals surface area contributed by atoms with Crippen LogP contribution in [-0.2, 0) is 9.59 Å². The molecule has 0 aromatic heterocycles. The van der Waals surface area contributed by atoms with Gasteiger partial charge in [-0.2, -0.15) is 0 Å². The summed E-state index contributed by atoms with van der Waals surface area (Å²) in [4.78, 5) is 30.6. The fourth-order valence-corrected chi connectivity index (χ4v) is 3.90. The van der Waals surface area contributed by atoms with Gasteiger partial charge in [0.1, 0.15) is 5.75 Å². The van der Waals surface area contributed by atoms with Crippen molar-refractivity contribution in [3.8, 4) is 5.75 Å². The molecule has 2 aliphatic rings. The van der Waals surface area contributed by atoms with Crippen molar-refractivity contribution in [1.29, 1.82) is 0 Å². The SMILES string of the molecule is CC(=O)N1CC2CN(C(=O)COc3ccccc3)CCN2C(C)(C)C1. The van der Waals surface area contributed by atoms with Crippen LogP contribution in [0, 0.1) is 0 Å². The molecule has 6 nitrogen and oxygen atoms in total. The van der Waals surface area contributed by atoms with Crippen LogP contribution in [0.2, 0.25) is 0 Å². The molecule has 2 amide bonds. The number of para-hydroxylation sites is 1. The first kappa shape index (κ1) is 17.7. The van der Waals surface area contributed by atoms with Gasteiger partial charge in [0.05, 0.1) is 0 Å². The number of hydrogen-bond donors (Lipinski definition) is 0. The maximum Gasteiger partial charge on any atom is 0.260 e. The quantitative estimate of drug-likeness (QED) is 0.827. The van der Waals surface area contributed by atoms with Crippen LogP contribution in [0.5, 0.6) is 5.75 Å². The number of nitrogens with zero attached hydrogens (tertiary/aromatic N) is 3. The van der Waals surface area contributed by atoms with E-state index < -0.39 is 0 Å². The third-order valence-electron chi connectivity index (χ3n) is 5.17. The van der Waals surface area contributed by atoms with Crippen LogP contribution in [0.15, 0.2) is 30.3 Å². The van der Waals surface area contributed by atoms with Crippen LogP contribution in [-0.4, -0.2) is 77.4 Å². The number of amides is 2. The minimum atomic E-state index is -0.0652. The molecule has 0 saturated carbocycles. The minimum Gasteiger partial charge on any atom is -0.484 e. The van der Waals surface area contributed by atoms with Crippen LogP contribution in [0.4, 0.5) is 0 Å². The van der Waals surface area contributed by atoms with Gasteiger partial charge in [0.25, 0.3) is 5.91 Å². The number of fused-ring (bicyclic) bond motifs is 1. The van der Waals surface area contributed by atoms with Gasteiger partial charge < -0.3 is 14.5 Å². The van der Waals surface area contributed by atoms with Gasteiger partial charge in [-0.1, -0.05) is 18.2 Å². The number of ether oxygens (including phenoxy) is 1. The predicted molar refractivity (Wildman–Crippen MR) is 95.3 cm³/mol. The number of rotatable bonds is 3. The van der Waals surface area contributed by atoms with Crippen molar-refractivity contribution in [3.63, 3.8) is 0 Å². The fourth-order valence-electron chi connectivity index (χ4n) is 3.90. The molecule has 1 unspecified atom stereocenters. The van der Waals surface area contributed by atoms with Gasteiger partial charge in [0, 0.05) is 51.2 Å². The van der Waals surface area contributed by atoms with Crippen LogP contribution < -0.4 is 4.74 Å². The van der Waals surface area contributed by atoms with E-state index in [0.717, 1.165) is 13.1 Å². The molecule has 1 aromatic carbocycles. The molecule has 0 radical (unpaired) electrons. The first-order valence-electron chi connectivity index (χ1n) is 8.85. The zero-order valence-electron chi connectivity index (χ0n) is 15.3. The third kappa shape index (κ3) is 3.95. The summed E-state index contributed by atoms with van der Waals surface area (Å²) in [6, 6.07) is 9.57. The molecule has 25 heavy (non-hydrogen) atoms.